The van der Waals surface area contributed by atoms with Crippen molar-refractivity contribution >= 4 is 33.7 Å². The van der Waals surface area contributed by atoms with Gasteiger partial charge in [-0.2, -0.15) is 0 Å². The number of nitrogens with one attached hydrogen (secondary N) is 2. The van der Waals surface area contributed by atoms with Crippen LogP contribution in [0.3, 0.4) is 0 Å². The van der Waals surface area contributed by atoms with Crippen LogP contribution in [0.5, 0.6) is 0 Å². The molecule has 176 valence electrons. The topological polar surface area (TPSA) is 124 Å². The molecular weight excluding hydrogens is 436 g/mol. The SMILES string of the molecule is CC(C)Cn1c(=O)[nH]c(=O)c2c(C(=O)Nc3ccc4c(c3)n(C)c(=O)n4C)cc(C3CC3)nc21. The highest BCUT2D eigenvalue weighted by molar-refractivity contribution is 6.12. The van der Waals surface area contributed by atoms with Gasteiger partial charge in [0.05, 0.1) is 22.0 Å². The van der Waals surface area contributed by atoms with Crippen LogP contribution in [-0.2, 0) is 20.6 Å². The van der Waals surface area contributed by atoms with E-state index in [9.17, 15) is 19.2 Å². The minimum absolute atomic E-state index is 0.0929. The van der Waals surface area contributed by atoms with Gasteiger partial charge in [0.25, 0.3) is 11.5 Å². The smallest absolute Gasteiger partial charge is 0.322 e. The van der Waals surface area contributed by atoms with E-state index in [0.29, 0.717) is 23.4 Å². The minimum Gasteiger partial charge on any atom is -0.322 e. The number of benzene rings is 1. The van der Waals surface area contributed by atoms with Gasteiger partial charge in [-0.1, -0.05) is 13.8 Å². The molecule has 1 saturated carbocycles. The van der Waals surface area contributed by atoms with Crippen molar-refractivity contribution in [1.29, 1.82) is 0 Å². The second-order valence-corrected chi connectivity index (χ2v) is 9.39. The number of aryl methyl sites for hydroxylation is 2. The number of rotatable bonds is 5. The fraction of sp³-hybridized carbons (Fsp3) is 0.375. The van der Waals surface area contributed by atoms with E-state index in [1.54, 1.807) is 38.4 Å². The van der Waals surface area contributed by atoms with Gasteiger partial charge in [0.15, 0.2) is 5.65 Å². The Kier molecular flexibility index (Phi) is 5.03. The van der Waals surface area contributed by atoms with Crippen LogP contribution in [0.2, 0.25) is 0 Å². The number of nitrogens with zero attached hydrogens (tertiary/aromatic N) is 4. The monoisotopic (exact) mass is 462 g/mol. The Morgan fingerprint density at radius 3 is 2.50 bits per heavy atom. The van der Waals surface area contributed by atoms with E-state index in [4.69, 9.17) is 0 Å². The highest BCUT2D eigenvalue weighted by Crippen LogP contribution is 2.40. The number of hydrogen-bond donors (Lipinski definition) is 2. The van der Waals surface area contributed by atoms with Crippen molar-refractivity contribution in [3.05, 3.63) is 66.8 Å². The van der Waals surface area contributed by atoms with Crippen molar-refractivity contribution in [2.75, 3.05) is 5.32 Å². The number of amides is 1. The molecule has 1 amide bonds. The number of pyridine rings is 1. The summed E-state index contributed by atoms with van der Waals surface area (Å²) in [5.74, 6) is -0.123. The van der Waals surface area contributed by atoms with Crippen molar-refractivity contribution in [2.24, 2.45) is 20.0 Å². The van der Waals surface area contributed by atoms with Crippen molar-refractivity contribution < 1.29 is 4.79 Å². The van der Waals surface area contributed by atoms with E-state index in [2.05, 4.69) is 15.3 Å². The molecule has 1 aliphatic rings. The second kappa shape index (κ2) is 7.82. The van der Waals surface area contributed by atoms with E-state index in [-0.39, 0.29) is 34.1 Å². The predicted molar refractivity (Wildman–Crippen MR) is 130 cm³/mol. The molecule has 4 aromatic rings. The van der Waals surface area contributed by atoms with Gasteiger partial charge in [0.1, 0.15) is 0 Å². The van der Waals surface area contributed by atoms with E-state index < -0.39 is 17.2 Å². The normalized spacial score (nSPS) is 13.8. The van der Waals surface area contributed by atoms with Crippen LogP contribution in [0.15, 0.2) is 38.6 Å². The molecule has 0 unspecified atom stereocenters. The summed E-state index contributed by atoms with van der Waals surface area (Å²) in [5, 5.41) is 2.95. The number of aromatic nitrogens is 5. The molecule has 3 heterocycles. The van der Waals surface area contributed by atoms with Crippen molar-refractivity contribution in [3.63, 3.8) is 0 Å². The molecule has 5 rings (SSSR count). The average Bonchev–Trinajstić information content (AvgIpc) is 3.62. The van der Waals surface area contributed by atoms with Gasteiger partial charge in [-0.15, -0.1) is 0 Å². The largest absolute Gasteiger partial charge is 0.330 e. The zero-order valence-electron chi connectivity index (χ0n) is 19.5. The number of carbonyl (C=O) groups is 1. The maximum Gasteiger partial charge on any atom is 0.330 e. The molecule has 2 N–H and O–H groups in total. The van der Waals surface area contributed by atoms with Gasteiger partial charge in [0, 0.05) is 37.9 Å². The zero-order chi connectivity index (χ0) is 24.3. The Hall–Kier alpha value is -3.95. The number of hydrogen-bond acceptors (Lipinski definition) is 5. The zero-order valence-corrected chi connectivity index (χ0v) is 19.5. The summed E-state index contributed by atoms with van der Waals surface area (Å²) in [4.78, 5) is 58.1. The summed E-state index contributed by atoms with van der Waals surface area (Å²) in [7, 11) is 3.36. The Bertz CT molecular complexity index is 1650. The molecule has 1 aliphatic carbocycles. The summed E-state index contributed by atoms with van der Waals surface area (Å²) in [6.07, 6.45) is 1.91. The number of H-pyrrole nitrogens is 1. The van der Waals surface area contributed by atoms with E-state index in [1.165, 1.54) is 13.7 Å². The highest BCUT2D eigenvalue weighted by Gasteiger charge is 2.29. The summed E-state index contributed by atoms with van der Waals surface area (Å²) in [6.45, 7) is 4.30. The molecular formula is C24H26N6O4. The van der Waals surface area contributed by atoms with Crippen LogP contribution >= 0.6 is 0 Å². The first-order valence-corrected chi connectivity index (χ1v) is 11.3. The molecule has 0 bridgehead atoms. The molecule has 1 aromatic carbocycles. The summed E-state index contributed by atoms with van der Waals surface area (Å²) < 4.78 is 4.48. The molecule has 0 radical (unpaired) electrons. The Balaban J connectivity index is 1.65. The number of anilines is 1. The van der Waals surface area contributed by atoms with Crippen LogP contribution in [0.4, 0.5) is 5.69 Å². The molecule has 0 saturated heterocycles. The van der Waals surface area contributed by atoms with Crippen molar-refractivity contribution in [2.45, 2.75) is 39.2 Å². The van der Waals surface area contributed by atoms with E-state index in [0.717, 1.165) is 18.4 Å². The number of imidazole rings is 1. The predicted octanol–water partition coefficient (Wildman–Crippen LogP) is 2.06. The van der Waals surface area contributed by atoms with Crippen LogP contribution < -0.4 is 22.3 Å². The molecule has 0 spiro atoms. The third-order valence-corrected chi connectivity index (χ3v) is 6.29. The molecule has 3 aromatic heterocycles. The lowest BCUT2D eigenvalue weighted by Gasteiger charge is -2.15. The van der Waals surface area contributed by atoms with Gasteiger partial charge < -0.3 is 5.32 Å². The molecule has 10 nitrogen and oxygen atoms in total. The maximum absolute atomic E-state index is 13.4. The Morgan fingerprint density at radius 2 is 1.82 bits per heavy atom. The lowest BCUT2D eigenvalue weighted by atomic mass is 10.1. The summed E-state index contributed by atoms with van der Waals surface area (Å²) in [5.41, 5.74) is 1.68. The number of aromatic amines is 1. The Morgan fingerprint density at radius 1 is 1.12 bits per heavy atom. The minimum atomic E-state index is -0.638. The first kappa shape index (κ1) is 21.9. The Labute approximate surface area is 193 Å². The van der Waals surface area contributed by atoms with Gasteiger partial charge >= 0.3 is 11.4 Å². The first-order valence-electron chi connectivity index (χ1n) is 11.3. The van der Waals surface area contributed by atoms with Crippen LogP contribution in [0, 0.1) is 5.92 Å². The lowest BCUT2D eigenvalue weighted by Crippen LogP contribution is -2.33. The third-order valence-electron chi connectivity index (χ3n) is 6.29. The average molecular weight is 463 g/mol. The van der Waals surface area contributed by atoms with Crippen LogP contribution in [0.1, 0.15) is 48.7 Å². The summed E-state index contributed by atoms with van der Waals surface area (Å²) >= 11 is 0. The summed E-state index contributed by atoms with van der Waals surface area (Å²) in [6, 6.07) is 6.85. The fourth-order valence-corrected chi connectivity index (χ4v) is 4.38. The molecule has 0 aliphatic heterocycles. The fourth-order valence-electron chi connectivity index (χ4n) is 4.38. The van der Waals surface area contributed by atoms with Gasteiger partial charge in [0.2, 0.25) is 0 Å². The van der Waals surface area contributed by atoms with E-state index in [1.807, 2.05) is 13.8 Å². The molecule has 34 heavy (non-hydrogen) atoms. The van der Waals surface area contributed by atoms with Crippen LogP contribution in [-0.4, -0.2) is 29.6 Å². The number of fused-ring (bicyclic) bond motifs is 2. The van der Waals surface area contributed by atoms with Crippen molar-refractivity contribution in [3.8, 4) is 0 Å². The lowest BCUT2D eigenvalue weighted by molar-refractivity contribution is 0.102. The first-order chi connectivity index (χ1) is 16.2. The molecule has 0 atom stereocenters. The van der Waals surface area contributed by atoms with Crippen molar-refractivity contribution in [1.82, 2.24) is 23.7 Å². The second-order valence-electron chi connectivity index (χ2n) is 9.39. The quantitative estimate of drug-likeness (QED) is 0.470. The van der Waals surface area contributed by atoms with Gasteiger partial charge in [-0.25, -0.2) is 14.6 Å². The number of carbonyl (C=O) groups excluding carboxylic acids is 1. The van der Waals surface area contributed by atoms with Crippen LogP contribution in [0.25, 0.3) is 22.1 Å². The van der Waals surface area contributed by atoms with Gasteiger partial charge in [-0.05, 0) is 43.0 Å². The molecule has 10 heteroatoms. The van der Waals surface area contributed by atoms with Gasteiger partial charge in [-0.3, -0.25) is 28.3 Å². The highest BCUT2D eigenvalue weighted by atomic mass is 16.2. The standard InChI is InChI=1S/C24H26N6O4/c1-12(2)11-30-20-19(22(32)27-23(30)33)15(10-16(26-20)13-5-6-13)21(31)25-14-7-8-17-18(9-14)29(4)24(34)28(17)3/h7-10,12-13H,5-6,11H2,1-4H3,(H,25,31)(H,27,32,33). The molecule has 1 fully saturated rings. The maximum atomic E-state index is 13.4. The van der Waals surface area contributed by atoms with E-state index >= 15 is 0 Å². The third kappa shape index (κ3) is 3.55.